The molecule has 1 unspecified atom stereocenters. The van der Waals surface area contributed by atoms with Gasteiger partial charge < -0.3 is 5.11 Å². The predicted molar refractivity (Wildman–Crippen MR) is 67.5 cm³/mol. The van der Waals surface area contributed by atoms with Crippen molar-refractivity contribution in [1.29, 1.82) is 0 Å². The highest BCUT2D eigenvalue weighted by atomic mass is 16.6. The summed E-state index contributed by atoms with van der Waals surface area (Å²) >= 11 is 0. The number of nitro groups is 1. The van der Waals surface area contributed by atoms with Crippen LogP contribution in [0.5, 0.6) is 0 Å². The first-order chi connectivity index (χ1) is 9.10. The Morgan fingerprint density at radius 2 is 2.32 bits per heavy atom. The maximum Gasteiger partial charge on any atom is 0.269 e. The molecule has 0 aliphatic rings. The van der Waals surface area contributed by atoms with Crippen molar-refractivity contribution < 1.29 is 10.0 Å². The monoisotopic (exact) mass is 262 g/mol. The van der Waals surface area contributed by atoms with Crippen molar-refractivity contribution in [2.75, 3.05) is 0 Å². The molecule has 0 saturated heterocycles. The number of benzene rings is 1. The van der Waals surface area contributed by atoms with Crippen molar-refractivity contribution in [3.05, 3.63) is 51.8 Å². The third-order valence-corrected chi connectivity index (χ3v) is 2.75. The van der Waals surface area contributed by atoms with Crippen LogP contribution in [0, 0.1) is 10.1 Å². The van der Waals surface area contributed by atoms with Crippen LogP contribution >= 0.6 is 0 Å². The SMILES string of the molecule is CCC(O)c1cn(Cc2cccc([N+](=O)[O-])c2)nn1. The molecular weight excluding hydrogens is 248 g/mol. The highest BCUT2D eigenvalue weighted by molar-refractivity contribution is 5.34. The van der Waals surface area contributed by atoms with Gasteiger partial charge >= 0.3 is 0 Å². The first kappa shape index (κ1) is 13.2. The molecule has 2 rings (SSSR count). The van der Waals surface area contributed by atoms with Gasteiger partial charge in [0.25, 0.3) is 5.69 Å². The molecule has 100 valence electrons. The minimum Gasteiger partial charge on any atom is -0.387 e. The Kier molecular flexibility index (Phi) is 3.86. The van der Waals surface area contributed by atoms with E-state index in [4.69, 9.17) is 0 Å². The van der Waals surface area contributed by atoms with E-state index in [1.165, 1.54) is 12.1 Å². The molecule has 1 N–H and O–H groups in total. The topological polar surface area (TPSA) is 94.1 Å². The average Bonchev–Trinajstić information content (AvgIpc) is 2.86. The fourth-order valence-electron chi connectivity index (χ4n) is 1.71. The van der Waals surface area contributed by atoms with Crippen LogP contribution in [0.1, 0.15) is 30.7 Å². The number of hydrogen-bond donors (Lipinski definition) is 1. The van der Waals surface area contributed by atoms with Crippen LogP contribution in [0.15, 0.2) is 30.5 Å². The number of rotatable bonds is 5. The first-order valence-electron chi connectivity index (χ1n) is 5.91. The summed E-state index contributed by atoms with van der Waals surface area (Å²) in [5, 5.41) is 28.1. The lowest BCUT2D eigenvalue weighted by molar-refractivity contribution is -0.384. The number of aliphatic hydroxyl groups is 1. The van der Waals surface area contributed by atoms with Gasteiger partial charge in [-0.15, -0.1) is 5.10 Å². The summed E-state index contributed by atoms with van der Waals surface area (Å²) in [4.78, 5) is 10.2. The molecule has 0 amide bonds. The van der Waals surface area contributed by atoms with E-state index in [1.807, 2.05) is 6.92 Å². The molecule has 0 aliphatic carbocycles. The molecule has 7 heteroatoms. The second-order valence-electron chi connectivity index (χ2n) is 4.19. The molecule has 0 fully saturated rings. The first-order valence-corrected chi connectivity index (χ1v) is 5.91. The third kappa shape index (κ3) is 3.14. The van der Waals surface area contributed by atoms with Crippen molar-refractivity contribution in [3.63, 3.8) is 0 Å². The van der Waals surface area contributed by atoms with Gasteiger partial charge in [0.1, 0.15) is 5.69 Å². The lowest BCUT2D eigenvalue weighted by Gasteiger charge is -2.02. The van der Waals surface area contributed by atoms with E-state index < -0.39 is 11.0 Å². The molecule has 1 aromatic heterocycles. The van der Waals surface area contributed by atoms with Crippen molar-refractivity contribution in [2.24, 2.45) is 0 Å². The molecule has 1 aromatic carbocycles. The summed E-state index contributed by atoms with van der Waals surface area (Å²) in [7, 11) is 0. The van der Waals surface area contributed by atoms with Gasteiger partial charge in [0.05, 0.1) is 23.8 Å². The number of aromatic nitrogens is 3. The molecule has 0 bridgehead atoms. The maximum atomic E-state index is 10.7. The summed E-state index contributed by atoms with van der Waals surface area (Å²) in [5.41, 5.74) is 1.32. The van der Waals surface area contributed by atoms with Crippen LogP contribution in [0.25, 0.3) is 0 Å². The number of aliphatic hydroxyl groups excluding tert-OH is 1. The van der Waals surface area contributed by atoms with Crippen LogP contribution in [-0.2, 0) is 6.54 Å². The summed E-state index contributed by atoms with van der Waals surface area (Å²) in [5.74, 6) is 0. The molecule has 1 atom stereocenters. The van der Waals surface area contributed by atoms with E-state index in [0.29, 0.717) is 18.7 Å². The Balaban J connectivity index is 2.15. The van der Waals surface area contributed by atoms with Gasteiger partial charge in [0.15, 0.2) is 0 Å². The largest absolute Gasteiger partial charge is 0.387 e. The Labute approximate surface area is 109 Å². The van der Waals surface area contributed by atoms with E-state index in [0.717, 1.165) is 5.56 Å². The minimum atomic E-state index is -0.626. The second kappa shape index (κ2) is 5.57. The van der Waals surface area contributed by atoms with Crippen molar-refractivity contribution in [2.45, 2.75) is 26.0 Å². The molecule has 7 nitrogen and oxygen atoms in total. The molecule has 0 saturated carbocycles. The zero-order chi connectivity index (χ0) is 13.8. The Morgan fingerprint density at radius 3 is 3.00 bits per heavy atom. The van der Waals surface area contributed by atoms with Crippen molar-refractivity contribution >= 4 is 5.69 Å². The Morgan fingerprint density at radius 1 is 1.53 bits per heavy atom. The lowest BCUT2D eigenvalue weighted by atomic mass is 10.2. The molecule has 19 heavy (non-hydrogen) atoms. The van der Waals surface area contributed by atoms with E-state index in [-0.39, 0.29) is 5.69 Å². The standard InChI is InChI=1S/C12H14N4O3/c1-2-12(17)11-8-15(14-13-11)7-9-4-3-5-10(6-9)16(18)19/h3-6,8,12,17H,2,7H2,1H3. The van der Waals surface area contributed by atoms with Crippen LogP contribution in [0.4, 0.5) is 5.69 Å². The van der Waals surface area contributed by atoms with Crippen LogP contribution < -0.4 is 0 Å². The van der Waals surface area contributed by atoms with Crippen LogP contribution in [0.3, 0.4) is 0 Å². The number of nitro benzene ring substituents is 1. The third-order valence-electron chi connectivity index (χ3n) is 2.75. The summed E-state index contributed by atoms with van der Waals surface area (Å²) in [6, 6.07) is 6.35. The number of non-ortho nitro benzene ring substituents is 1. The van der Waals surface area contributed by atoms with E-state index in [1.54, 1.807) is 23.0 Å². The van der Waals surface area contributed by atoms with E-state index in [2.05, 4.69) is 10.3 Å². The fourth-order valence-corrected chi connectivity index (χ4v) is 1.71. The second-order valence-corrected chi connectivity index (χ2v) is 4.19. The minimum absolute atomic E-state index is 0.0476. The summed E-state index contributed by atoms with van der Waals surface area (Å²) in [6.45, 7) is 2.23. The molecule has 2 aromatic rings. The fraction of sp³-hybridized carbons (Fsp3) is 0.333. The van der Waals surface area contributed by atoms with Gasteiger partial charge in [-0.3, -0.25) is 10.1 Å². The van der Waals surface area contributed by atoms with Gasteiger partial charge in [-0.05, 0) is 12.0 Å². The van der Waals surface area contributed by atoms with E-state index >= 15 is 0 Å². The van der Waals surface area contributed by atoms with Gasteiger partial charge in [-0.25, -0.2) is 4.68 Å². The van der Waals surface area contributed by atoms with Crippen LogP contribution in [-0.4, -0.2) is 25.0 Å². The molecular formula is C12H14N4O3. The molecule has 0 radical (unpaired) electrons. The molecule has 1 heterocycles. The van der Waals surface area contributed by atoms with Gasteiger partial charge in [0, 0.05) is 12.1 Å². The summed E-state index contributed by atoms with van der Waals surface area (Å²) < 4.78 is 1.55. The highest BCUT2D eigenvalue weighted by Gasteiger charge is 2.11. The number of nitrogens with zero attached hydrogens (tertiary/aromatic N) is 4. The Bertz CT molecular complexity index is 582. The van der Waals surface area contributed by atoms with Crippen molar-refractivity contribution in [3.8, 4) is 0 Å². The summed E-state index contributed by atoms with van der Waals surface area (Å²) in [6.07, 6.45) is 1.58. The predicted octanol–water partition coefficient (Wildman–Crippen LogP) is 1.68. The molecule has 0 aliphatic heterocycles. The van der Waals surface area contributed by atoms with Gasteiger partial charge in [-0.1, -0.05) is 24.3 Å². The average molecular weight is 262 g/mol. The maximum absolute atomic E-state index is 10.7. The normalized spacial score (nSPS) is 12.3. The van der Waals surface area contributed by atoms with Gasteiger partial charge in [-0.2, -0.15) is 0 Å². The molecule has 0 spiro atoms. The van der Waals surface area contributed by atoms with E-state index in [9.17, 15) is 15.2 Å². The lowest BCUT2D eigenvalue weighted by Crippen LogP contribution is -2.01. The zero-order valence-electron chi connectivity index (χ0n) is 10.4. The quantitative estimate of drug-likeness (QED) is 0.653. The van der Waals surface area contributed by atoms with Crippen molar-refractivity contribution in [1.82, 2.24) is 15.0 Å². The zero-order valence-corrected chi connectivity index (χ0v) is 10.4. The van der Waals surface area contributed by atoms with Gasteiger partial charge in [0.2, 0.25) is 0 Å². The highest BCUT2D eigenvalue weighted by Crippen LogP contribution is 2.15. The smallest absolute Gasteiger partial charge is 0.269 e. The van der Waals surface area contributed by atoms with Crippen LogP contribution in [0.2, 0.25) is 0 Å². The number of hydrogen-bond acceptors (Lipinski definition) is 5. The Hall–Kier alpha value is -2.28.